The quantitative estimate of drug-likeness (QED) is 0.829. The molecule has 22 heavy (non-hydrogen) atoms. The molecule has 0 bridgehead atoms. The van der Waals surface area contributed by atoms with Gasteiger partial charge in [-0.25, -0.2) is 14.0 Å². The third kappa shape index (κ3) is 2.82. The molecule has 1 amide bonds. The lowest BCUT2D eigenvalue weighted by Gasteiger charge is -2.43. The molecular formula is C13H16ClFN2O4S. The van der Waals surface area contributed by atoms with Gasteiger partial charge in [0.25, 0.3) is 11.3 Å². The van der Waals surface area contributed by atoms with Crippen LogP contribution in [0.4, 0.5) is 9.18 Å². The van der Waals surface area contributed by atoms with Gasteiger partial charge < -0.3 is 5.11 Å². The number of hydrogen-bond acceptors (Lipinski definition) is 4. The normalized spacial score (nSPS) is 25.5. The predicted octanol–water partition coefficient (Wildman–Crippen LogP) is 2.79. The summed E-state index contributed by atoms with van der Waals surface area (Å²) >= 11 is 3.64. The average Bonchev–Trinajstić information content (AvgIpc) is 2.72. The number of pyridine rings is 1. The highest BCUT2D eigenvalue weighted by Gasteiger charge is 2.57. The van der Waals surface area contributed by atoms with Crippen LogP contribution in [0.15, 0.2) is 12.3 Å². The zero-order chi connectivity index (χ0) is 16.7. The maximum absolute atomic E-state index is 13.2. The van der Waals surface area contributed by atoms with Crippen molar-refractivity contribution in [3.63, 3.8) is 0 Å². The standard InChI is InChI=1S/C13H16ClFN2O4S/c1-12(2,3)13(7-21-22(20)17(13)11(18)19)5-8-4-9(14)10(15)16-6-8/h4,6H,5,7H2,1-3H3,(H,18,19)/t13-,22?/m1/s1. The SMILES string of the molecule is CC(C)(C)[C@@]1(Cc2cnc(F)c(Cl)c2)COS(=O)N1C(=O)O. The van der Waals surface area contributed by atoms with Crippen molar-refractivity contribution in [2.24, 2.45) is 5.41 Å². The van der Waals surface area contributed by atoms with E-state index >= 15 is 0 Å². The Morgan fingerprint density at radius 1 is 1.64 bits per heavy atom. The molecule has 0 radical (unpaired) electrons. The fraction of sp³-hybridized carbons (Fsp3) is 0.538. The highest BCUT2D eigenvalue weighted by molar-refractivity contribution is 7.78. The number of hydrogen-bond donors (Lipinski definition) is 1. The number of carbonyl (C=O) groups is 1. The predicted molar refractivity (Wildman–Crippen MR) is 79.1 cm³/mol. The minimum Gasteiger partial charge on any atom is -0.464 e. The molecule has 2 atom stereocenters. The molecular weight excluding hydrogens is 335 g/mol. The van der Waals surface area contributed by atoms with Crippen LogP contribution in [0.1, 0.15) is 26.3 Å². The van der Waals surface area contributed by atoms with Gasteiger partial charge in [0.15, 0.2) is 0 Å². The summed E-state index contributed by atoms with van der Waals surface area (Å²) in [6.45, 7) is 5.44. The zero-order valence-corrected chi connectivity index (χ0v) is 13.9. The molecule has 2 rings (SSSR count). The van der Waals surface area contributed by atoms with E-state index in [2.05, 4.69) is 4.98 Å². The van der Waals surface area contributed by atoms with E-state index in [0.29, 0.717) is 5.56 Å². The fourth-order valence-corrected chi connectivity index (χ4v) is 3.85. The van der Waals surface area contributed by atoms with E-state index in [-0.39, 0.29) is 18.1 Å². The Labute approximate surface area is 135 Å². The summed E-state index contributed by atoms with van der Waals surface area (Å²) in [5, 5.41) is 9.26. The fourth-order valence-electron chi connectivity index (χ4n) is 2.45. The molecule has 122 valence electrons. The van der Waals surface area contributed by atoms with Gasteiger partial charge in [-0.1, -0.05) is 32.4 Å². The second-order valence-corrected chi connectivity index (χ2v) is 7.57. The van der Waals surface area contributed by atoms with E-state index in [0.717, 1.165) is 4.31 Å². The molecule has 9 heteroatoms. The Bertz CT molecular complexity index is 637. The first-order chi connectivity index (χ1) is 10.1. The first kappa shape index (κ1) is 17.1. The number of rotatable bonds is 2. The van der Waals surface area contributed by atoms with Crippen molar-refractivity contribution in [2.45, 2.75) is 32.7 Å². The molecule has 1 unspecified atom stereocenters. The molecule has 1 aromatic rings. The molecule has 0 spiro atoms. The molecule has 1 fully saturated rings. The third-order valence-electron chi connectivity index (χ3n) is 3.86. The van der Waals surface area contributed by atoms with E-state index in [9.17, 15) is 18.5 Å². The lowest BCUT2D eigenvalue weighted by Crippen LogP contribution is -2.58. The van der Waals surface area contributed by atoms with Crippen molar-refractivity contribution in [1.29, 1.82) is 0 Å². The topological polar surface area (TPSA) is 79.7 Å². The second-order valence-electron chi connectivity index (χ2n) is 6.13. The van der Waals surface area contributed by atoms with Gasteiger partial charge in [-0.2, -0.15) is 8.70 Å². The largest absolute Gasteiger partial charge is 0.464 e. The van der Waals surface area contributed by atoms with Crippen LogP contribution in [-0.2, 0) is 21.9 Å². The monoisotopic (exact) mass is 350 g/mol. The van der Waals surface area contributed by atoms with Gasteiger partial charge in [-0.15, -0.1) is 0 Å². The van der Waals surface area contributed by atoms with Crippen LogP contribution in [0, 0.1) is 11.4 Å². The van der Waals surface area contributed by atoms with Crippen molar-refractivity contribution < 1.29 is 22.7 Å². The zero-order valence-electron chi connectivity index (χ0n) is 12.3. The summed E-state index contributed by atoms with van der Waals surface area (Å²) in [5.74, 6) is -0.795. The smallest absolute Gasteiger partial charge is 0.421 e. The van der Waals surface area contributed by atoms with Crippen LogP contribution in [-0.4, -0.2) is 36.8 Å². The maximum Gasteiger partial charge on any atom is 0.421 e. The molecule has 1 N–H and O–H groups in total. The van der Waals surface area contributed by atoms with Crippen molar-refractivity contribution in [3.8, 4) is 0 Å². The van der Waals surface area contributed by atoms with E-state index in [1.807, 2.05) is 20.8 Å². The van der Waals surface area contributed by atoms with E-state index < -0.39 is 34.3 Å². The summed E-state index contributed by atoms with van der Waals surface area (Å²) in [6, 6.07) is 1.39. The van der Waals surface area contributed by atoms with Gasteiger partial charge in [0.1, 0.15) is 0 Å². The molecule has 1 aliphatic rings. The number of amides is 1. The number of carboxylic acid groups (broad SMARTS) is 1. The maximum atomic E-state index is 13.2. The number of nitrogens with zero attached hydrogens (tertiary/aromatic N) is 2. The minimum absolute atomic E-state index is 0.0373. The Morgan fingerprint density at radius 3 is 2.77 bits per heavy atom. The lowest BCUT2D eigenvalue weighted by atomic mass is 9.70. The Balaban J connectivity index is 2.49. The van der Waals surface area contributed by atoms with Gasteiger partial charge in [0.2, 0.25) is 5.95 Å². The van der Waals surface area contributed by atoms with Gasteiger partial charge in [-0.05, 0) is 17.0 Å². The van der Waals surface area contributed by atoms with Crippen LogP contribution in [0.3, 0.4) is 0 Å². The molecule has 1 aromatic heterocycles. The summed E-state index contributed by atoms with van der Waals surface area (Å²) in [7, 11) is 0. The molecule has 1 aliphatic heterocycles. The molecule has 2 heterocycles. The summed E-state index contributed by atoms with van der Waals surface area (Å²) in [4.78, 5) is 15.1. The van der Waals surface area contributed by atoms with E-state index in [4.69, 9.17) is 15.8 Å². The van der Waals surface area contributed by atoms with Crippen LogP contribution in [0.25, 0.3) is 0 Å². The minimum atomic E-state index is -2.08. The van der Waals surface area contributed by atoms with Gasteiger partial charge in [-0.3, -0.25) is 4.18 Å². The first-order valence-corrected chi connectivity index (χ1v) is 7.88. The molecule has 6 nitrogen and oxygen atoms in total. The number of halogens is 2. The average molecular weight is 351 g/mol. The summed E-state index contributed by atoms with van der Waals surface area (Å²) in [6.07, 6.45) is 0.101. The van der Waals surface area contributed by atoms with Gasteiger partial charge in [0.05, 0.1) is 17.2 Å². The highest BCUT2D eigenvalue weighted by atomic mass is 35.5. The lowest BCUT2D eigenvalue weighted by molar-refractivity contribution is 0.0533. The molecule has 1 saturated heterocycles. The summed E-state index contributed by atoms with van der Waals surface area (Å²) in [5.41, 5.74) is -1.12. The third-order valence-corrected chi connectivity index (χ3v) is 5.24. The van der Waals surface area contributed by atoms with Crippen LogP contribution in [0.5, 0.6) is 0 Å². The van der Waals surface area contributed by atoms with E-state index in [1.54, 1.807) is 0 Å². The highest BCUT2D eigenvalue weighted by Crippen LogP contribution is 2.44. The Morgan fingerprint density at radius 2 is 2.27 bits per heavy atom. The Hall–Kier alpha value is -1.25. The van der Waals surface area contributed by atoms with Crippen molar-refractivity contribution >= 4 is 29.0 Å². The summed E-state index contributed by atoms with van der Waals surface area (Å²) < 4.78 is 31.0. The Kier molecular flexibility index (Phi) is 4.47. The number of aromatic nitrogens is 1. The first-order valence-electron chi connectivity index (χ1n) is 6.47. The molecule has 0 aromatic carbocycles. The molecule has 0 saturated carbocycles. The van der Waals surface area contributed by atoms with E-state index in [1.165, 1.54) is 12.3 Å². The van der Waals surface area contributed by atoms with Gasteiger partial charge in [0, 0.05) is 12.6 Å². The van der Waals surface area contributed by atoms with Gasteiger partial charge >= 0.3 is 6.09 Å². The molecule has 0 aliphatic carbocycles. The van der Waals surface area contributed by atoms with Crippen molar-refractivity contribution in [2.75, 3.05) is 6.61 Å². The van der Waals surface area contributed by atoms with Crippen LogP contribution < -0.4 is 0 Å². The van der Waals surface area contributed by atoms with Crippen molar-refractivity contribution in [3.05, 3.63) is 28.8 Å². The van der Waals surface area contributed by atoms with Crippen molar-refractivity contribution in [1.82, 2.24) is 9.29 Å². The van der Waals surface area contributed by atoms with Crippen LogP contribution >= 0.6 is 11.6 Å². The van der Waals surface area contributed by atoms with Crippen LogP contribution in [0.2, 0.25) is 5.02 Å². The second kappa shape index (κ2) is 5.75.